The normalized spacial score (nSPS) is 28.5. The summed E-state index contributed by atoms with van der Waals surface area (Å²) in [4.78, 5) is 5.24. The van der Waals surface area contributed by atoms with Crippen LogP contribution in [0.1, 0.15) is 44.1 Å². The van der Waals surface area contributed by atoms with Gasteiger partial charge < -0.3 is 10.0 Å². The Hall–Kier alpha value is -1.16. The fourth-order valence-electron chi connectivity index (χ4n) is 5.57. The molecule has 0 bridgehead atoms. The van der Waals surface area contributed by atoms with Crippen molar-refractivity contribution in [3.63, 3.8) is 0 Å². The topological polar surface area (TPSA) is 26.7 Å². The van der Waals surface area contributed by atoms with Crippen molar-refractivity contribution >= 4 is 0 Å². The fourth-order valence-corrected chi connectivity index (χ4v) is 5.57. The number of aryl methyl sites for hydroxylation is 1. The molecule has 2 aliphatic heterocycles. The van der Waals surface area contributed by atoms with Gasteiger partial charge in [-0.2, -0.15) is 0 Å². The number of hydrogen-bond donors (Lipinski definition) is 1. The van der Waals surface area contributed by atoms with E-state index >= 15 is 0 Å². The Labute approximate surface area is 171 Å². The van der Waals surface area contributed by atoms with Gasteiger partial charge in [0.05, 0.1) is 5.60 Å². The molecule has 3 fully saturated rings. The molecular formula is C25H38N2O. The van der Waals surface area contributed by atoms with Gasteiger partial charge in [-0.15, -0.1) is 6.58 Å². The maximum absolute atomic E-state index is 11.0. The lowest BCUT2D eigenvalue weighted by molar-refractivity contribution is -0.0324. The fraction of sp³-hybridized carbons (Fsp3) is 0.680. The monoisotopic (exact) mass is 382 g/mol. The quantitative estimate of drug-likeness (QED) is 0.655. The second-order valence-corrected chi connectivity index (χ2v) is 9.63. The SMILES string of the molecule is C=CCN1CC(CN2CCC(O)(CCCc3ccccc3)CC2)C(C2CC2)C1. The first-order valence-electron chi connectivity index (χ1n) is 11.5. The summed E-state index contributed by atoms with van der Waals surface area (Å²) in [5.41, 5.74) is 0.950. The van der Waals surface area contributed by atoms with Crippen LogP contribution in [-0.4, -0.2) is 59.8 Å². The molecule has 3 heteroatoms. The van der Waals surface area contributed by atoms with Gasteiger partial charge in [0.1, 0.15) is 0 Å². The molecule has 1 aliphatic carbocycles. The van der Waals surface area contributed by atoms with Crippen LogP contribution in [0.5, 0.6) is 0 Å². The van der Waals surface area contributed by atoms with E-state index < -0.39 is 5.60 Å². The zero-order chi connectivity index (χ0) is 19.4. The van der Waals surface area contributed by atoms with E-state index in [2.05, 4.69) is 52.8 Å². The summed E-state index contributed by atoms with van der Waals surface area (Å²) in [6, 6.07) is 10.7. The average Bonchev–Trinajstić information content (AvgIpc) is 3.47. The maximum Gasteiger partial charge on any atom is 0.0672 e. The van der Waals surface area contributed by atoms with Gasteiger partial charge in [-0.05, 0) is 68.3 Å². The van der Waals surface area contributed by atoms with Crippen molar-refractivity contribution in [1.29, 1.82) is 0 Å². The Morgan fingerprint density at radius 3 is 2.50 bits per heavy atom. The van der Waals surface area contributed by atoms with Crippen LogP contribution in [0.25, 0.3) is 0 Å². The predicted molar refractivity (Wildman–Crippen MR) is 116 cm³/mol. The number of aliphatic hydroxyl groups is 1. The largest absolute Gasteiger partial charge is 0.390 e. The molecule has 2 atom stereocenters. The molecule has 1 N–H and O–H groups in total. The summed E-state index contributed by atoms with van der Waals surface area (Å²) in [6.07, 6.45) is 9.95. The molecule has 0 aromatic heterocycles. The van der Waals surface area contributed by atoms with Crippen LogP contribution in [0, 0.1) is 17.8 Å². The summed E-state index contributed by atoms with van der Waals surface area (Å²) in [6.45, 7) is 10.9. The molecule has 2 saturated heterocycles. The highest BCUT2D eigenvalue weighted by molar-refractivity contribution is 5.14. The maximum atomic E-state index is 11.0. The molecule has 0 spiro atoms. The van der Waals surface area contributed by atoms with Gasteiger partial charge in [-0.3, -0.25) is 4.90 Å². The molecule has 3 nitrogen and oxygen atoms in total. The minimum Gasteiger partial charge on any atom is -0.390 e. The van der Waals surface area contributed by atoms with Gasteiger partial charge in [0.2, 0.25) is 0 Å². The first-order valence-corrected chi connectivity index (χ1v) is 11.5. The molecule has 1 saturated carbocycles. The van der Waals surface area contributed by atoms with Gasteiger partial charge in [-0.25, -0.2) is 0 Å². The molecule has 28 heavy (non-hydrogen) atoms. The third kappa shape index (κ3) is 5.25. The molecular weight excluding hydrogens is 344 g/mol. The second-order valence-electron chi connectivity index (χ2n) is 9.63. The summed E-state index contributed by atoms with van der Waals surface area (Å²) in [5, 5.41) is 11.0. The van der Waals surface area contributed by atoms with E-state index in [9.17, 15) is 5.11 Å². The summed E-state index contributed by atoms with van der Waals surface area (Å²) >= 11 is 0. The minimum absolute atomic E-state index is 0.439. The Bertz CT molecular complexity index is 619. The summed E-state index contributed by atoms with van der Waals surface area (Å²) in [7, 11) is 0. The number of nitrogens with zero attached hydrogens (tertiary/aromatic N) is 2. The Morgan fingerprint density at radius 2 is 1.82 bits per heavy atom. The highest BCUT2D eigenvalue weighted by Crippen LogP contribution is 2.44. The van der Waals surface area contributed by atoms with E-state index in [0.717, 1.165) is 69.5 Å². The Balaban J connectivity index is 1.21. The van der Waals surface area contributed by atoms with Crippen LogP contribution in [0.2, 0.25) is 0 Å². The lowest BCUT2D eigenvalue weighted by Crippen LogP contribution is -2.46. The van der Waals surface area contributed by atoms with E-state index in [1.807, 2.05) is 0 Å². The summed E-state index contributed by atoms with van der Waals surface area (Å²) < 4.78 is 0. The number of rotatable bonds is 9. The van der Waals surface area contributed by atoms with Crippen LogP contribution in [0.4, 0.5) is 0 Å². The van der Waals surface area contributed by atoms with E-state index in [1.54, 1.807) is 0 Å². The van der Waals surface area contributed by atoms with Crippen molar-refractivity contribution in [2.45, 2.75) is 50.5 Å². The first kappa shape index (κ1) is 20.1. The van der Waals surface area contributed by atoms with Crippen molar-refractivity contribution in [2.24, 2.45) is 17.8 Å². The van der Waals surface area contributed by atoms with Crippen molar-refractivity contribution in [2.75, 3.05) is 39.3 Å². The van der Waals surface area contributed by atoms with Crippen LogP contribution < -0.4 is 0 Å². The summed E-state index contributed by atoms with van der Waals surface area (Å²) in [5.74, 6) is 2.70. The molecule has 1 aromatic rings. The van der Waals surface area contributed by atoms with E-state index in [-0.39, 0.29) is 0 Å². The predicted octanol–water partition coefficient (Wildman–Crippen LogP) is 3.98. The van der Waals surface area contributed by atoms with Gasteiger partial charge >= 0.3 is 0 Å². The highest BCUT2D eigenvalue weighted by Gasteiger charge is 2.43. The minimum atomic E-state index is -0.439. The van der Waals surface area contributed by atoms with Gasteiger partial charge in [0.15, 0.2) is 0 Å². The van der Waals surface area contributed by atoms with Crippen LogP contribution in [0.3, 0.4) is 0 Å². The van der Waals surface area contributed by atoms with E-state index in [0.29, 0.717) is 0 Å². The van der Waals surface area contributed by atoms with Crippen molar-refractivity contribution in [1.82, 2.24) is 9.80 Å². The molecule has 2 heterocycles. The third-order valence-corrected chi connectivity index (χ3v) is 7.41. The van der Waals surface area contributed by atoms with E-state index in [1.165, 1.54) is 38.0 Å². The molecule has 3 aliphatic rings. The lowest BCUT2D eigenvalue weighted by Gasteiger charge is -2.40. The Kier molecular flexibility index (Phi) is 6.55. The number of hydrogen-bond acceptors (Lipinski definition) is 3. The first-order chi connectivity index (χ1) is 13.6. The molecule has 1 aromatic carbocycles. The number of piperidine rings is 1. The third-order valence-electron chi connectivity index (χ3n) is 7.41. The zero-order valence-electron chi connectivity index (χ0n) is 17.4. The standard InChI is InChI=1S/C25H38N2O/c1-2-15-27-19-23(24(20-27)22-10-11-22)18-26-16-13-25(28,14-17-26)12-6-9-21-7-4-3-5-8-21/h2-5,7-8,22-24,28H,1,6,9-20H2. The second kappa shape index (κ2) is 9.11. The number of benzene rings is 1. The van der Waals surface area contributed by atoms with Gasteiger partial charge in [0.25, 0.3) is 0 Å². The van der Waals surface area contributed by atoms with Gasteiger partial charge in [0, 0.05) is 39.3 Å². The van der Waals surface area contributed by atoms with E-state index in [4.69, 9.17) is 0 Å². The lowest BCUT2D eigenvalue weighted by atomic mass is 9.85. The Morgan fingerprint density at radius 1 is 1.07 bits per heavy atom. The van der Waals surface area contributed by atoms with Crippen LogP contribution >= 0.6 is 0 Å². The highest BCUT2D eigenvalue weighted by atomic mass is 16.3. The molecule has 0 amide bonds. The van der Waals surface area contributed by atoms with Crippen molar-refractivity contribution in [3.05, 3.63) is 48.6 Å². The average molecular weight is 383 g/mol. The number of likely N-dealkylation sites (tertiary alicyclic amines) is 2. The van der Waals surface area contributed by atoms with Crippen molar-refractivity contribution < 1.29 is 5.11 Å². The molecule has 154 valence electrons. The van der Waals surface area contributed by atoms with Crippen molar-refractivity contribution in [3.8, 4) is 0 Å². The molecule has 2 unspecified atom stereocenters. The van der Waals surface area contributed by atoms with Crippen LogP contribution in [-0.2, 0) is 6.42 Å². The molecule has 0 radical (unpaired) electrons. The van der Waals surface area contributed by atoms with Gasteiger partial charge in [-0.1, -0.05) is 36.4 Å². The zero-order valence-corrected chi connectivity index (χ0v) is 17.4. The molecule has 4 rings (SSSR count). The smallest absolute Gasteiger partial charge is 0.0672 e. The van der Waals surface area contributed by atoms with Crippen LogP contribution in [0.15, 0.2) is 43.0 Å².